The molecule has 0 radical (unpaired) electrons. The lowest BCUT2D eigenvalue weighted by molar-refractivity contribution is 0.0781. The molecule has 0 spiro atoms. The van der Waals surface area contributed by atoms with Gasteiger partial charge in [-0.2, -0.15) is 0 Å². The molecule has 114 valence electrons. The normalized spacial score (nSPS) is 28.7. The summed E-state index contributed by atoms with van der Waals surface area (Å²) in [5.41, 5.74) is 0. The van der Waals surface area contributed by atoms with Crippen LogP contribution in [-0.2, 0) is 0 Å². The third kappa shape index (κ3) is 6.76. The molecule has 0 aromatic rings. The highest BCUT2D eigenvalue weighted by atomic mass is 15.2. The van der Waals surface area contributed by atoms with E-state index in [0.29, 0.717) is 0 Å². The molecule has 1 heterocycles. The van der Waals surface area contributed by atoms with Crippen molar-refractivity contribution in [1.29, 1.82) is 0 Å². The molecule has 1 saturated heterocycles. The molecule has 0 aromatic heterocycles. The standard InChI is InChI=1S/C17H36N2/c1-5-10-18-11-8-6-7-9-12-19-14-15(2)13-16(3)17(19)4/h15-18H,5-14H2,1-4H3. The minimum absolute atomic E-state index is 0.794. The third-order valence-electron chi connectivity index (χ3n) is 4.70. The molecule has 1 N–H and O–H groups in total. The maximum Gasteiger partial charge on any atom is 0.00927 e. The van der Waals surface area contributed by atoms with E-state index in [9.17, 15) is 0 Å². The summed E-state index contributed by atoms with van der Waals surface area (Å²) in [6.45, 7) is 14.5. The second kappa shape index (κ2) is 9.77. The Morgan fingerprint density at radius 2 is 1.74 bits per heavy atom. The fraction of sp³-hybridized carbons (Fsp3) is 1.00. The van der Waals surface area contributed by atoms with Crippen molar-refractivity contribution in [3.63, 3.8) is 0 Å². The monoisotopic (exact) mass is 268 g/mol. The first-order valence-electron chi connectivity index (χ1n) is 8.59. The molecule has 1 fully saturated rings. The van der Waals surface area contributed by atoms with Gasteiger partial charge in [-0.3, -0.25) is 0 Å². The summed E-state index contributed by atoms with van der Waals surface area (Å²) >= 11 is 0. The van der Waals surface area contributed by atoms with Crippen LogP contribution in [-0.4, -0.2) is 37.1 Å². The Balaban J connectivity index is 2.02. The highest BCUT2D eigenvalue weighted by Gasteiger charge is 2.27. The number of rotatable bonds is 9. The maximum atomic E-state index is 3.48. The van der Waals surface area contributed by atoms with Crippen LogP contribution >= 0.6 is 0 Å². The van der Waals surface area contributed by atoms with Gasteiger partial charge < -0.3 is 10.2 Å². The number of hydrogen-bond donors (Lipinski definition) is 1. The summed E-state index contributed by atoms with van der Waals surface area (Å²) in [5.74, 6) is 1.77. The van der Waals surface area contributed by atoms with Crippen molar-refractivity contribution in [2.75, 3.05) is 26.2 Å². The van der Waals surface area contributed by atoms with Gasteiger partial charge in [0.2, 0.25) is 0 Å². The van der Waals surface area contributed by atoms with Crippen LogP contribution in [0.4, 0.5) is 0 Å². The number of nitrogens with zero attached hydrogens (tertiary/aromatic N) is 1. The number of likely N-dealkylation sites (tertiary alicyclic amines) is 1. The summed E-state index contributed by atoms with van der Waals surface area (Å²) in [6, 6.07) is 0.794. The molecule has 3 unspecified atom stereocenters. The molecular formula is C17H36N2. The van der Waals surface area contributed by atoms with Crippen LogP contribution in [0.25, 0.3) is 0 Å². The number of piperidine rings is 1. The molecule has 0 aliphatic carbocycles. The lowest BCUT2D eigenvalue weighted by atomic mass is 9.86. The summed E-state index contributed by atoms with van der Waals surface area (Å²) in [7, 11) is 0. The molecule has 1 aliphatic heterocycles. The van der Waals surface area contributed by atoms with Gasteiger partial charge in [-0.05, 0) is 64.1 Å². The van der Waals surface area contributed by atoms with Gasteiger partial charge in [0, 0.05) is 12.6 Å². The zero-order valence-corrected chi connectivity index (χ0v) is 13.8. The fourth-order valence-corrected chi connectivity index (χ4v) is 3.35. The Kier molecular flexibility index (Phi) is 8.72. The SMILES string of the molecule is CCCNCCCCCCN1CC(C)CC(C)C1C. The first-order valence-corrected chi connectivity index (χ1v) is 8.59. The Hall–Kier alpha value is -0.0800. The first kappa shape index (κ1) is 17.0. The van der Waals surface area contributed by atoms with Crippen LogP contribution in [0.3, 0.4) is 0 Å². The zero-order chi connectivity index (χ0) is 14.1. The minimum atomic E-state index is 0.794. The van der Waals surface area contributed by atoms with Crippen LogP contribution in [0.15, 0.2) is 0 Å². The summed E-state index contributed by atoms with van der Waals surface area (Å²) in [4.78, 5) is 2.73. The summed E-state index contributed by atoms with van der Waals surface area (Å²) in [6.07, 6.45) is 8.20. The Bertz CT molecular complexity index is 217. The van der Waals surface area contributed by atoms with Gasteiger partial charge in [0.15, 0.2) is 0 Å². The molecule has 0 saturated carbocycles. The molecule has 0 aromatic carbocycles. The van der Waals surface area contributed by atoms with Gasteiger partial charge in [-0.15, -0.1) is 0 Å². The van der Waals surface area contributed by atoms with E-state index in [0.717, 1.165) is 17.9 Å². The minimum Gasteiger partial charge on any atom is -0.317 e. The summed E-state index contributed by atoms with van der Waals surface area (Å²) in [5, 5.41) is 3.48. The van der Waals surface area contributed by atoms with Crippen molar-refractivity contribution in [2.45, 2.75) is 72.3 Å². The van der Waals surface area contributed by atoms with Crippen molar-refractivity contribution in [3.8, 4) is 0 Å². The summed E-state index contributed by atoms with van der Waals surface area (Å²) < 4.78 is 0. The number of hydrogen-bond acceptors (Lipinski definition) is 2. The second-order valence-electron chi connectivity index (χ2n) is 6.72. The van der Waals surface area contributed by atoms with Crippen LogP contribution in [0.2, 0.25) is 0 Å². The van der Waals surface area contributed by atoms with Crippen molar-refractivity contribution < 1.29 is 0 Å². The van der Waals surface area contributed by atoms with E-state index in [4.69, 9.17) is 0 Å². The van der Waals surface area contributed by atoms with Gasteiger partial charge in [-0.1, -0.05) is 33.6 Å². The smallest absolute Gasteiger partial charge is 0.00927 e. The van der Waals surface area contributed by atoms with Crippen LogP contribution in [0.1, 0.15) is 66.2 Å². The molecule has 1 rings (SSSR count). The number of unbranched alkanes of at least 4 members (excludes halogenated alkanes) is 3. The van der Waals surface area contributed by atoms with Gasteiger partial charge in [0.1, 0.15) is 0 Å². The molecule has 0 amide bonds. The van der Waals surface area contributed by atoms with Gasteiger partial charge in [0.05, 0.1) is 0 Å². The second-order valence-corrected chi connectivity index (χ2v) is 6.72. The molecule has 2 heteroatoms. The Labute approximate surface area is 121 Å². The van der Waals surface area contributed by atoms with Crippen molar-refractivity contribution in [1.82, 2.24) is 10.2 Å². The lowest BCUT2D eigenvalue weighted by Crippen LogP contribution is -2.45. The van der Waals surface area contributed by atoms with Crippen molar-refractivity contribution in [3.05, 3.63) is 0 Å². The predicted molar refractivity (Wildman–Crippen MR) is 85.6 cm³/mol. The molecule has 2 nitrogen and oxygen atoms in total. The quantitative estimate of drug-likeness (QED) is 0.638. The fourth-order valence-electron chi connectivity index (χ4n) is 3.35. The first-order chi connectivity index (χ1) is 9.15. The maximum absolute atomic E-state index is 3.48. The zero-order valence-electron chi connectivity index (χ0n) is 13.8. The van der Waals surface area contributed by atoms with Crippen LogP contribution < -0.4 is 5.32 Å². The molecule has 1 aliphatic rings. The highest BCUT2D eigenvalue weighted by molar-refractivity contribution is 4.81. The van der Waals surface area contributed by atoms with E-state index in [-0.39, 0.29) is 0 Å². The third-order valence-corrected chi connectivity index (χ3v) is 4.70. The van der Waals surface area contributed by atoms with E-state index in [2.05, 4.69) is 37.9 Å². The molecule has 19 heavy (non-hydrogen) atoms. The van der Waals surface area contributed by atoms with E-state index < -0.39 is 0 Å². The van der Waals surface area contributed by atoms with E-state index in [1.165, 1.54) is 64.7 Å². The van der Waals surface area contributed by atoms with E-state index >= 15 is 0 Å². The number of nitrogens with one attached hydrogen (secondary N) is 1. The molecule has 3 atom stereocenters. The lowest BCUT2D eigenvalue weighted by Gasteiger charge is -2.41. The average Bonchev–Trinajstić information content (AvgIpc) is 2.38. The topological polar surface area (TPSA) is 15.3 Å². The van der Waals surface area contributed by atoms with Gasteiger partial charge >= 0.3 is 0 Å². The van der Waals surface area contributed by atoms with Gasteiger partial charge in [-0.25, -0.2) is 0 Å². The van der Waals surface area contributed by atoms with Crippen molar-refractivity contribution in [2.24, 2.45) is 11.8 Å². The Morgan fingerprint density at radius 1 is 1.00 bits per heavy atom. The average molecular weight is 268 g/mol. The van der Waals surface area contributed by atoms with E-state index in [1.54, 1.807) is 0 Å². The predicted octanol–water partition coefficient (Wildman–Crippen LogP) is 3.91. The van der Waals surface area contributed by atoms with Crippen LogP contribution in [0, 0.1) is 11.8 Å². The Morgan fingerprint density at radius 3 is 2.47 bits per heavy atom. The van der Waals surface area contributed by atoms with E-state index in [1.807, 2.05) is 0 Å². The molecule has 0 bridgehead atoms. The highest BCUT2D eigenvalue weighted by Crippen LogP contribution is 2.26. The van der Waals surface area contributed by atoms with Crippen LogP contribution in [0.5, 0.6) is 0 Å². The van der Waals surface area contributed by atoms with Crippen molar-refractivity contribution >= 4 is 0 Å². The largest absolute Gasteiger partial charge is 0.317 e. The molecular weight excluding hydrogens is 232 g/mol. The van der Waals surface area contributed by atoms with Gasteiger partial charge in [0.25, 0.3) is 0 Å².